The second kappa shape index (κ2) is 6.62. The Morgan fingerprint density at radius 3 is 2.63 bits per heavy atom. The molecule has 0 saturated heterocycles. The lowest BCUT2D eigenvalue weighted by Crippen LogP contribution is -2.08. The highest BCUT2D eigenvalue weighted by Gasteiger charge is 2.08. The van der Waals surface area contributed by atoms with Crippen molar-refractivity contribution >= 4 is 11.6 Å². The molecule has 102 valence electrons. The fourth-order valence-electron chi connectivity index (χ4n) is 2.03. The molecule has 0 aliphatic carbocycles. The zero-order valence-electron chi connectivity index (χ0n) is 11.3. The third kappa shape index (κ3) is 3.51. The Morgan fingerprint density at radius 1 is 1.21 bits per heavy atom. The highest BCUT2D eigenvalue weighted by molar-refractivity contribution is 6.32. The largest absolute Gasteiger partial charge is 0.486 e. The number of ether oxygens (including phenoxy) is 1. The number of hydrogen-bond donors (Lipinski definition) is 0. The van der Waals surface area contributed by atoms with Crippen molar-refractivity contribution in [1.29, 1.82) is 0 Å². The fourth-order valence-corrected chi connectivity index (χ4v) is 2.22. The van der Waals surface area contributed by atoms with E-state index in [0.717, 1.165) is 18.5 Å². The molecule has 0 fully saturated rings. The summed E-state index contributed by atoms with van der Waals surface area (Å²) in [6.45, 7) is 4.79. The van der Waals surface area contributed by atoms with Crippen molar-refractivity contribution in [3.63, 3.8) is 0 Å². The minimum Gasteiger partial charge on any atom is -0.486 e. The monoisotopic (exact) mass is 278 g/mol. The van der Waals surface area contributed by atoms with Crippen LogP contribution in [-0.4, -0.2) is 9.78 Å². The average Bonchev–Trinajstić information content (AvgIpc) is 2.88. The molecule has 0 saturated carbocycles. The van der Waals surface area contributed by atoms with E-state index in [1.807, 2.05) is 41.2 Å². The molecular formula is C15H19ClN2O. The lowest BCUT2D eigenvalue weighted by molar-refractivity contribution is 0.297. The molecule has 3 nitrogen and oxygen atoms in total. The van der Waals surface area contributed by atoms with E-state index < -0.39 is 0 Å². The Hall–Kier alpha value is -1.48. The topological polar surface area (TPSA) is 27.1 Å². The van der Waals surface area contributed by atoms with Gasteiger partial charge < -0.3 is 4.74 Å². The van der Waals surface area contributed by atoms with Gasteiger partial charge in [-0.1, -0.05) is 37.6 Å². The zero-order valence-corrected chi connectivity index (χ0v) is 12.1. The summed E-state index contributed by atoms with van der Waals surface area (Å²) in [5.74, 6) is 0.696. The molecule has 0 unspecified atom stereocenters. The highest BCUT2D eigenvalue weighted by Crippen LogP contribution is 2.24. The van der Waals surface area contributed by atoms with Crippen LogP contribution in [-0.2, 0) is 6.61 Å². The van der Waals surface area contributed by atoms with Crippen LogP contribution in [0, 0.1) is 0 Å². The summed E-state index contributed by atoms with van der Waals surface area (Å²) < 4.78 is 7.69. The summed E-state index contributed by atoms with van der Waals surface area (Å²) in [7, 11) is 0. The van der Waals surface area contributed by atoms with Crippen molar-refractivity contribution in [3.05, 3.63) is 47.2 Å². The van der Waals surface area contributed by atoms with Gasteiger partial charge >= 0.3 is 0 Å². The van der Waals surface area contributed by atoms with Crippen LogP contribution in [0.25, 0.3) is 0 Å². The van der Waals surface area contributed by atoms with Gasteiger partial charge in [0.25, 0.3) is 0 Å². The summed E-state index contributed by atoms with van der Waals surface area (Å²) >= 11 is 6.04. The second-order valence-corrected chi connectivity index (χ2v) is 4.88. The highest BCUT2D eigenvalue weighted by atomic mass is 35.5. The SMILES string of the molecule is CCC(CC)n1ccc(COc2ccccc2Cl)n1. The number of halogens is 1. The van der Waals surface area contributed by atoms with Gasteiger partial charge in [-0.15, -0.1) is 0 Å². The van der Waals surface area contributed by atoms with Crippen LogP contribution in [0.5, 0.6) is 5.75 Å². The number of rotatable bonds is 6. The molecule has 0 spiro atoms. The predicted molar refractivity (Wildman–Crippen MR) is 77.6 cm³/mol. The van der Waals surface area contributed by atoms with E-state index in [1.165, 1.54) is 0 Å². The third-order valence-electron chi connectivity index (χ3n) is 3.19. The van der Waals surface area contributed by atoms with Crippen LogP contribution < -0.4 is 4.74 Å². The predicted octanol–water partition coefficient (Wildman–Crippen LogP) is 4.48. The van der Waals surface area contributed by atoms with Gasteiger partial charge in [0.15, 0.2) is 0 Å². The molecular weight excluding hydrogens is 260 g/mol. The average molecular weight is 279 g/mol. The molecule has 2 aromatic rings. The molecule has 1 aromatic carbocycles. The van der Waals surface area contributed by atoms with Crippen molar-refractivity contribution in [2.45, 2.75) is 39.3 Å². The number of benzene rings is 1. The summed E-state index contributed by atoms with van der Waals surface area (Å²) in [5, 5.41) is 5.17. The molecule has 1 aromatic heterocycles. The first-order valence-electron chi connectivity index (χ1n) is 6.66. The summed E-state index contributed by atoms with van der Waals surface area (Å²) in [5.41, 5.74) is 0.923. The van der Waals surface area contributed by atoms with Crippen LogP contribution in [0.4, 0.5) is 0 Å². The molecule has 0 aliphatic heterocycles. The Bertz CT molecular complexity index is 520. The smallest absolute Gasteiger partial charge is 0.138 e. The van der Waals surface area contributed by atoms with Crippen molar-refractivity contribution < 1.29 is 4.74 Å². The van der Waals surface area contributed by atoms with Crippen LogP contribution >= 0.6 is 11.6 Å². The molecule has 1 heterocycles. The van der Waals surface area contributed by atoms with Crippen molar-refractivity contribution in [2.75, 3.05) is 0 Å². The number of nitrogens with zero attached hydrogens (tertiary/aromatic N) is 2. The number of hydrogen-bond acceptors (Lipinski definition) is 2. The Kier molecular flexibility index (Phi) is 4.86. The van der Waals surface area contributed by atoms with E-state index in [0.29, 0.717) is 23.4 Å². The molecule has 0 aliphatic rings. The third-order valence-corrected chi connectivity index (χ3v) is 3.50. The lowest BCUT2D eigenvalue weighted by Gasteiger charge is -2.12. The summed E-state index contributed by atoms with van der Waals surface area (Å²) in [6.07, 6.45) is 4.19. The molecule has 19 heavy (non-hydrogen) atoms. The fraction of sp³-hybridized carbons (Fsp3) is 0.400. The van der Waals surface area contributed by atoms with E-state index >= 15 is 0 Å². The van der Waals surface area contributed by atoms with Gasteiger partial charge in [-0.05, 0) is 31.0 Å². The van der Waals surface area contributed by atoms with Gasteiger partial charge in [0, 0.05) is 6.20 Å². The first-order valence-corrected chi connectivity index (χ1v) is 7.03. The molecule has 0 radical (unpaired) electrons. The first-order chi connectivity index (χ1) is 9.24. The van der Waals surface area contributed by atoms with Crippen LogP contribution in [0.15, 0.2) is 36.5 Å². The van der Waals surface area contributed by atoms with Crippen LogP contribution in [0.1, 0.15) is 38.4 Å². The first kappa shape index (κ1) is 13.9. The van der Waals surface area contributed by atoms with E-state index in [9.17, 15) is 0 Å². The summed E-state index contributed by atoms with van der Waals surface area (Å²) in [6, 6.07) is 9.94. The van der Waals surface area contributed by atoms with Crippen LogP contribution in [0.2, 0.25) is 5.02 Å². The van der Waals surface area contributed by atoms with Gasteiger partial charge in [-0.2, -0.15) is 5.10 Å². The molecule has 4 heteroatoms. The van der Waals surface area contributed by atoms with E-state index in [1.54, 1.807) is 0 Å². The van der Waals surface area contributed by atoms with Crippen molar-refractivity contribution in [2.24, 2.45) is 0 Å². The maximum atomic E-state index is 6.04. The molecule has 0 atom stereocenters. The minimum absolute atomic E-state index is 0.441. The normalized spacial score (nSPS) is 10.9. The van der Waals surface area contributed by atoms with E-state index in [4.69, 9.17) is 16.3 Å². The van der Waals surface area contributed by atoms with Gasteiger partial charge in [0.05, 0.1) is 16.8 Å². The van der Waals surface area contributed by atoms with Crippen molar-refractivity contribution in [1.82, 2.24) is 9.78 Å². The summed E-state index contributed by atoms with van der Waals surface area (Å²) in [4.78, 5) is 0. The minimum atomic E-state index is 0.441. The van der Waals surface area contributed by atoms with Gasteiger partial charge in [0.2, 0.25) is 0 Å². The zero-order chi connectivity index (χ0) is 13.7. The van der Waals surface area contributed by atoms with E-state index in [2.05, 4.69) is 18.9 Å². The van der Waals surface area contributed by atoms with Gasteiger partial charge in [0.1, 0.15) is 12.4 Å². The quantitative estimate of drug-likeness (QED) is 0.779. The molecule has 0 bridgehead atoms. The maximum Gasteiger partial charge on any atom is 0.138 e. The van der Waals surface area contributed by atoms with Crippen LogP contribution in [0.3, 0.4) is 0 Å². The Balaban J connectivity index is 1.99. The Morgan fingerprint density at radius 2 is 1.95 bits per heavy atom. The lowest BCUT2D eigenvalue weighted by atomic mass is 10.2. The maximum absolute atomic E-state index is 6.04. The van der Waals surface area contributed by atoms with Crippen molar-refractivity contribution in [3.8, 4) is 5.75 Å². The second-order valence-electron chi connectivity index (χ2n) is 4.48. The standard InChI is InChI=1S/C15H19ClN2O/c1-3-13(4-2)18-10-9-12(17-18)11-19-15-8-6-5-7-14(15)16/h5-10,13H,3-4,11H2,1-2H3. The number of aromatic nitrogens is 2. The molecule has 2 rings (SSSR count). The van der Waals surface area contributed by atoms with E-state index in [-0.39, 0.29) is 0 Å². The number of para-hydroxylation sites is 1. The molecule has 0 N–H and O–H groups in total. The molecule has 0 amide bonds. The Labute approximate surface area is 119 Å². The van der Waals surface area contributed by atoms with Gasteiger partial charge in [-0.3, -0.25) is 4.68 Å². The van der Waals surface area contributed by atoms with Gasteiger partial charge in [-0.25, -0.2) is 0 Å².